The Balaban J connectivity index is 3.05. The normalized spacial score (nSPS) is 9.75. The first-order valence-corrected chi connectivity index (χ1v) is 3.49. The maximum absolute atomic E-state index is 10.8. The first-order valence-electron chi connectivity index (χ1n) is 3.49. The van der Waals surface area contributed by atoms with Crippen LogP contribution in [0.15, 0.2) is 17.1 Å². The van der Waals surface area contributed by atoms with Gasteiger partial charge in [0.2, 0.25) is 5.56 Å². The SMILES string of the molecule is Cc1c[nH]c(=O)cc1CC(=O)O. The molecule has 1 heterocycles. The summed E-state index contributed by atoms with van der Waals surface area (Å²) in [7, 11) is 0. The number of carboxylic acid groups (broad SMARTS) is 1. The minimum atomic E-state index is -0.927. The molecule has 0 aromatic carbocycles. The Bertz CT molecular complexity index is 354. The standard InChI is InChI=1S/C8H9NO3/c1-5-4-9-7(10)2-6(5)3-8(11)12/h2,4H,3H2,1H3,(H,9,10)(H,11,12). The van der Waals surface area contributed by atoms with Gasteiger partial charge in [0.1, 0.15) is 0 Å². The van der Waals surface area contributed by atoms with Crippen molar-refractivity contribution in [2.75, 3.05) is 0 Å². The zero-order valence-corrected chi connectivity index (χ0v) is 6.63. The molecule has 0 amide bonds. The summed E-state index contributed by atoms with van der Waals surface area (Å²) in [5.41, 5.74) is 1.08. The average Bonchev–Trinajstić information content (AvgIpc) is 1.96. The second kappa shape index (κ2) is 3.21. The fraction of sp³-hybridized carbons (Fsp3) is 0.250. The second-order valence-electron chi connectivity index (χ2n) is 2.58. The van der Waals surface area contributed by atoms with Gasteiger partial charge in [-0.05, 0) is 18.1 Å². The summed E-state index contributed by atoms with van der Waals surface area (Å²) in [4.78, 5) is 23.6. The van der Waals surface area contributed by atoms with E-state index in [4.69, 9.17) is 5.11 Å². The molecule has 1 rings (SSSR count). The number of hydrogen-bond donors (Lipinski definition) is 2. The molecular weight excluding hydrogens is 158 g/mol. The van der Waals surface area contributed by atoms with Gasteiger partial charge >= 0.3 is 5.97 Å². The molecular formula is C8H9NO3. The van der Waals surface area contributed by atoms with Gasteiger partial charge in [-0.15, -0.1) is 0 Å². The third kappa shape index (κ3) is 1.95. The number of carbonyl (C=O) groups is 1. The van der Waals surface area contributed by atoms with E-state index in [0.29, 0.717) is 5.56 Å². The van der Waals surface area contributed by atoms with Crippen LogP contribution in [0.3, 0.4) is 0 Å². The van der Waals surface area contributed by atoms with Crippen LogP contribution in [0.2, 0.25) is 0 Å². The summed E-state index contributed by atoms with van der Waals surface area (Å²) in [6.45, 7) is 1.76. The zero-order valence-electron chi connectivity index (χ0n) is 6.63. The number of aromatic nitrogens is 1. The third-order valence-electron chi connectivity index (χ3n) is 1.58. The van der Waals surface area contributed by atoms with Gasteiger partial charge in [-0.2, -0.15) is 0 Å². The lowest BCUT2D eigenvalue weighted by atomic mass is 10.1. The van der Waals surface area contributed by atoms with Crippen LogP contribution in [0.5, 0.6) is 0 Å². The summed E-state index contributed by atoms with van der Waals surface area (Å²) in [5, 5.41) is 8.47. The Kier molecular flexibility index (Phi) is 2.28. The first-order chi connectivity index (χ1) is 5.59. The van der Waals surface area contributed by atoms with Gasteiger partial charge in [-0.3, -0.25) is 9.59 Å². The molecule has 64 valence electrons. The Morgan fingerprint density at radius 1 is 1.67 bits per heavy atom. The van der Waals surface area contributed by atoms with Gasteiger partial charge < -0.3 is 10.1 Å². The van der Waals surface area contributed by atoms with Crippen LogP contribution in [0.1, 0.15) is 11.1 Å². The molecule has 0 aliphatic rings. The van der Waals surface area contributed by atoms with E-state index in [9.17, 15) is 9.59 Å². The van der Waals surface area contributed by atoms with E-state index in [-0.39, 0.29) is 12.0 Å². The molecule has 0 aliphatic carbocycles. The molecule has 0 radical (unpaired) electrons. The number of rotatable bonds is 2. The quantitative estimate of drug-likeness (QED) is 0.666. The predicted molar refractivity (Wildman–Crippen MR) is 43.1 cm³/mol. The largest absolute Gasteiger partial charge is 0.481 e. The number of aromatic amines is 1. The topological polar surface area (TPSA) is 70.2 Å². The number of aliphatic carboxylic acids is 1. The highest BCUT2D eigenvalue weighted by Crippen LogP contribution is 2.02. The fourth-order valence-corrected chi connectivity index (χ4v) is 0.939. The van der Waals surface area contributed by atoms with E-state index in [1.165, 1.54) is 12.3 Å². The van der Waals surface area contributed by atoms with Crippen LogP contribution in [-0.2, 0) is 11.2 Å². The zero-order chi connectivity index (χ0) is 9.14. The Morgan fingerprint density at radius 2 is 2.33 bits per heavy atom. The maximum atomic E-state index is 10.8. The van der Waals surface area contributed by atoms with E-state index >= 15 is 0 Å². The minimum absolute atomic E-state index is 0.101. The predicted octanol–water partition coefficient (Wildman–Crippen LogP) is 0.310. The number of hydrogen-bond acceptors (Lipinski definition) is 2. The van der Waals surface area contributed by atoms with Crippen molar-refractivity contribution in [1.29, 1.82) is 0 Å². The molecule has 0 saturated heterocycles. The number of H-pyrrole nitrogens is 1. The van der Waals surface area contributed by atoms with E-state index in [2.05, 4.69) is 4.98 Å². The molecule has 0 spiro atoms. The van der Waals surface area contributed by atoms with Crippen molar-refractivity contribution in [1.82, 2.24) is 4.98 Å². The van der Waals surface area contributed by atoms with Crippen LogP contribution in [-0.4, -0.2) is 16.1 Å². The van der Waals surface area contributed by atoms with Crippen LogP contribution < -0.4 is 5.56 Å². The highest BCUT2D eigenvalue weighted by molar-refractivity contribution is 5.70. The van der Waals surface area contributed by atoms with E-state index in [1.54, 1.807) is 6.92 Å². The lowest BCUT2D eigenvalue weighted by Crippen LogP contribution is -2.10. The third-order valence-corrected chi connectivity index (χ3v) is 1.58. The Morgan fingerprint density at radius 3 is 2.92 bits per heavy atom. The highest BCUT2D eigenvalue weighted by atomic mass is 16.4. The molecule has 0 bridgehead atoms. The van der Waals surface area contributed by atoms with Gasteiger partial charge in [0, 0.05) is 12.3 Å². The Hall–Kier alpha value is -1.58. The van der Waals surface area contributed by atoms with Crippen molar-refractivity contribution >= 4 is 5.97 Å². The number of aryl methyl sites for hydroxylation is 1. The lowest BCUT2D eigenvalue weighted by Gasteiger charge is -1.99. The van der Waals surface area contributed by atoms with Crippen LogP contribution >= 0.6 is 0 Å². The number of carboxylic acids is 1. The summed E-state index contributed by atoms with van der Waals surface area (Å²) >= 11 is 0. The molecule has 12 heavy (non-hydrogen) atoms. The lowest BCUT2D eigenvalue weighted by molar-refractivity contribution is -0.136. The molecule has 4 heteroatoms. The molecule has 0 atom stereocenters. The van der Waals surface area contributed by atoms with E-state index < -0.39 is 5.97 Å². The number of nitrogens with one attached hydrogen (secondary N) is 1. The van der Waals surface area contributed by atoms with Crippen LogP contribution in [0, 0.1) is 6.92 Å². The van der Waals surface area contributed by atoms with Crippen molar-refractivity contribution in [2.24, 2.45) is 0 Å². The molecule has 1 aromatic heterocycles. The minimum Gasteiger partial charge on any atom is -0.481 e. The van der Waals surface area contributed by atoms with Gasteiger partial charge in [0.05, 0.1) is 6.42 Å². The van der Waals surface area contributed by atoms with Crippen molar-refractivity contribution in [3.63, 3.8) is 0 Å². The molecule has 0 saturated carbocycles. The molecule has 4 nitrogen and oxygen atoms in total. The molecule has 0 aliphatic heterocycles. The first kappa shape index (κ1) is 8.52. The van der Waals surface area contributed by atoms with Gasteiger partial charge in [-0.1, -0.05) is 0 Å². The van der Waals surface area contributed by atoms with Crippen LogP contribution in [0.4, 0.5) is 0 Å². The van der Waals surface area contributed by atoms with Crippen LogP contribution in [0.25, 0.3) is 0 Å². The van der Waals surface area contributed by atoms with E-state index in [0.717, 1.165) is 5.56 Å². The average molecular weight is 167 g/mol. The molecule has 0 fully saturated rings. The van der Waals surface area contributed by atoms with Crippen molar-refractivity contribution in [3.8, 4) is 0 Å². The molecule has 1 aromatic rings. The van der Waals surface area contributed by atoms with Crippen molar-refractivity contribution < 1.29 is 9.90 Å². The fourth-order valence-electron chi connectivity index (χ4n) is 0.939. The summed E-state index contributed by atoms with van der Waals surface area (Å²) in [6.07, 6.45) is 1.41. The van der Waals surface area contributed by atoms with Gasteiger partial charge in [0.25, 0.3) is 0 Å². The molecule has 2 N–H and O–H groups in total. The smallest absolute Gasteiger partial charge is 0.307 e. The monoisotopic (exact) mass is 167 g/mol. The second-order valence-corrected chi connectivity index (χ2v) is 2.58. The summed E-state index contributed by atoms with van der Waals surface area (Å²) in [5.74, 6) is -0.927. The summed E-state index contributed by atoms with van der Waals surface area (Å²) < 4.78 is 0. The van der Waals surface area contributed by atoms with Crippen molar-refractivity contribution in [2.45, 2.75) is 13.3 Å². The molecule has 0 unspecified atom stereocenters. The van der Waals surface area contributed by atoms with Gasteiger partial charge in [0.15, 0.2) is 0 Å². The maximum Gasteiger partial charge on any atom is 0.307 e. The van der Waals surface area contributed by atoms with E-state index in [1.807, 2.05) is 0 Å². The van der Waals surface area contributed by atoms with Crippen molar-refractivity contribution in [3.05, 3.63) is 33.7 Å². The Labute approximate surface area is 68.9 Å². The number of pyridine rings is 1. The van der Waals surface area contributed by atoms with Gasteiger partial charge in [-0.25, -0.2) is 0 Å². The summed E-state index contributed by atoms with van der Waals surface area (Å²) in [6, 6.07) is 1.31. The highest BCUT2D eigenvalue weighted by Gasteiger charge is 2.03.